The van der Waals surface area contributed by atoms with Crippen molar-refractivity contribution < 1.29 is 44.4 Å². The molecule has 0 aliphatic carbocycles. The average molecular weight is 788 g/mol. The van der Waals surface area contributed by atoms with Crippen LogP contribution in [-0.2, 0) is 36.8 Å². The number of phenolic OH excluding ortho intramolecular Hbond substituents is 2. The number of nitrogens with zero attached hydrogens (tertiary/aromatic N) is 2. The Morgan fingerprint density at radius 3 is 1.98 bits per heavy atom. The van der Waals surface area contributed by atoms with Crippen molar-refractivity contribution in [1.29, 1.82) is 0 Å². The van der Waals surface area contributed by atoms with E-state index in [1.807, 2.05) is 13.8 Å². The number of nitrogens with two attached hydrogens (primary N) is 1. The summed E-state index contributed by atoms with van der Waals surface area (Å²) in [5, 5.41) is 45.4. The number of aliphatic carboxylic acids is 1. The number of likely N-dealkylation sites (N-methyl/N-ethyl adjacent to an activating group) is 1. The lowest BCUT2D eigenvalue weighted by Crippen LogP contribution is -2.60. The van der Waals surface area contributed by atoms with Crippen LogP contribution >= 0.6 is 11.6 Å². The minimum absolute atomic E-state index is 0.0125. The molecule has 1 fully saturated rings. The second-order valence-electron chi connectivity index (χ2n) is 14.5. The third kappa shape index (κ3) is 13.4. The largest absolute Gasteiger partial charge is 0.508 e. The van der Waals surface area contributed by atoms with Crippen LogP contribution in [0.3, 0.4) is 0 Å². The van der Waals surface area contributed by atoms with Crippen molar-refractivity contribution in [3.63, 3.8) is 0 Å². The van der Waals surface area contributed by atoms with Gasteiger partial charge in [0.1, 0.15) is 41.8 Å². The van der Waals surface area contributed by atoms with Crippen LogP contribution in [0.2, 0.25) is 0 Å². The summed E-state index contributed by atoms with van der Waals surface area (Å²) in [4.78, 5) is 70.5. The number of aliphatic hydroxyl groups excluding tert-OH is 1. The summed E-state index contributed by atoms with van der Waals surface area (Å²) in [5.41, 5.74) is 7.39. The van der Waals surface area contributed by atoms with Gasteiger partial charge in [-0.2, -0.15) is 0 Å². The van der Waals surface area contributed by atoms with Crippen LogP contribution in [0.5, 0.6) is 11.5 Å². The predicted molar refractivity (Wildman–Crippen MR) is 208 cm³/mol. The zero-order chi connectivity index (χ0) is 40.7. The molecule has 0 saturated carbocycles. The summed E-state index contributed by atoms with van der Waals surface area (Å²) in [6.07, 6.45) is 4.42. The Kier molecular flexibility index (Phi) is 18.2. The van der Waals surface area contributed by atoms with Crippen LogP contribution in [0.1, 0.15) is 82.8 Å². The quantitative estimate of drug-likeness (QED) is 0.0683. The minimum atomic E-state index is -1.59. The van der Waals surface area contributed by atoms with Gasteiger partial charge in [0.2, 0.25) is 17.7 Å². The highest BCUT2D eigenvalue weighted by atomic mass is 35.5. The predicted octanol–water partition coefficient (Wildman–Crippen LogP) is 3.07. The number of carboxylic acids is 1. The number of amides is 4. The number of aromatic hydroxyl groups is 2. The Labute approximate surface area is 328 Å². The smallest absolute Gasteiger partial charge is 0.326 e. The number of phenols is 2. The number of rotatable bonds is 22. The molecule has 1 heterocycles. The molecule has 1 aliphatic heterocycles. The number of unbranched alkanes of at least 4 members (excludes halogenated alkanes) is 4. The average Bonchev–Trinajstić information content (AvgIpc) is 3.67. The van der Waals surface area contributed by atoms with E-state index in [1.165, 1.54) is 41.1 Å². The van der Waals surface area contributed by atoms with Gasteiger partial charge in [-0.05, 0) is 67.0 Å². The van der Waals surface area contributed by atoms with E-state index < -0.39 is 65.9 Å². The van der Waals surface area contributed by atoms with Gasteiger partial charge in [-0.1, -0.05) is 70.2 Å². The molecular weight excluding hydrogens is 730 g/mol. The number of benzene rings is 2. The third-order valence-electron chi connectivity index (χ3n) is 10.4. The van der Waals surface area contributed by atoms with Crippen molar-refractivity contribution in [2.45, 2.75) is 121 Å². The van der Waals surface area contributed by atoms with E-state index in [9.17, 15) is 44.4 Å². The number of halogens is 1. The summed E-state index contributed by atoms with van der Waals surface area (Å²) in [5.74, 6) is -3.58. The van der Waals surface area contributed by atoms with Gasteiger partial charge in [-0.25, -0.2) is 4.79 Å². The molecule has 3 rings (SSSR count). The normalized spacial score (nSPS) is 17.3. The van der Waals surface area contributed by atoms with Crippen molar-refractivity contribution in [1.82, 2.24) is 20.4 Å². The van der Waals surface area contributed by atoms with Crippen molar-refractivity contribution in [3.8, 4) is 11.5 Å². The molecule has 4 amide bonds. The monoisotopic (exact) mass is 787 g/mol. The lowest BCUT2D eigenvalue weighted by atomic mass is 9.94. The Balaban J connectivity index is 1.80. The molecule has 14 nitrogen and oxygen atoms in total. The van der Waals surface area contributed by atoms with Crippen LogP contribution in [-0.4, -0.2) is 116 Å². The molecule has 2 aromatic rings. The molecule has 0 unspecified atom stereocenters. The van der Waals surface area contributed by atoms with Gasteiger partial charge in [0.15, 0.2) is 0 Å². The number of hydrogen-bond donors (Lipinski definition) is 7. The molecular formula is C40H58ClN5O9. The Morgan fingerprint density at radius 1 is 0.891 bits per heavy atom. The standard InChI is InChI=1S/C40H58ClN5O9/c1-4-25(2)34(39(53)46-22-10-12-33(46)36(50)44-32(40(54)55)24-27-15-19-29(48)20-16-27)45(3)38(52)31(23-26-13-17-28(47)18-14-26)43-37(51)35(49)30(42)11-8-6-5-7-9-21-41/h13-20,25,30-35,47-49H,4-12,21-24,42H2,1-3H3,(H,43,51)(H,44,50)(H,54,55)/t25-,30-,31+,32-,33+,34-,35+/m1/s1. The van der Waals surface area contributed by atoms with Crippen LogP contribution in [0, 0.1) is 5.92 Å². The van der Waals surface area contributed by atoms with E-state index in [4.69, 9.17) is 17.3 Å². The fraction of sp³-hybridized carbons (Fsp3) is 0.575. The Bertz CT molecular complexity index is 1560. The van der Waals surface area contributed by atoms with Gasteiger partial charge >= 0.3 is 5.97 Å². The molecule has 7 atom stereocenters. The van der Waals surface area contributed by atoms with Crippen LogP contribution in [0.4, 0.5) is 0 Å². The number of aliphatic hydroxyl groups is 1. The highest BCUT2D eigenvalue weighted by Crippen LogP contribution is 2.25. The number of hydrogen-bond acceptors (Lipinski definition) is 9. The molecule has 1 aliphatic rings. The topological polar surface area (TPSA) is 223 Å². The summed E-state index contributed by atoms with van der Waals surface area (Å²) >= 11 is 5.74. The zero-order valence-electron chi connectivity index (χ0n) is 32.0. The Morgan fingerprint density at radius 2 is 1.44 bits per heavy atom. The van der Waals surface area contributed by atoms with Crippen molar-refractivity contribution in [2.24, 2.45) is 11.7 Å². The van der Waals surface area contributed by atoms with Gasteiger partial charge in [-0.15, -0.1) is 11.6 Å². The molecule has 0 bridgehead atoms. The van der Waals surface area contributed by atoms with E-state index in [2.05, 4.69) is 10.6 Å². The maximum Gasteiger partial charge on any atom is 0.326 e. The van der Waals surface area contributed by atoms with E-state index in [-0.39, 0.29) is 36.8 Å². The molecule has 0 radical (unpaired) electrons. The number of carbonyl (C=O) groups is 5. The molecule has 2 aromatic carbocycles. The second kappa shape index (κ2) is 22.2. The highest BCUT2D eigenvalue weighted by molar-refractivity contribution is 6.17. The lowest BCUT2D eigenvalue weighted by Gasteiger charge is -2.38. The molecule has 0 spiro atoms. The van der Waals surface area contributed by atoms with E-state index in [1.54, 1.807) is 24.3 Å². The Hall–Kier alpha value is -4.40. The summed E-state index contributed by atoms with van der Waals surface area (Å²) in [6, 6.07) is 6.65. The molecule has 304 valence electrons. The number of likely N-dealkylation sites (tertiary alicyclic amines) is 1. The third-order valence-corrected chi connectivity index (χ3v) is 10.6. The number of carboxylic acid groups (broad SMARTS) is 1. The molecule has 8 N–H and O–H groups in total. The maximum atomic E-state index is 14.4. The highest BCUT2D eigenvalue weighted by Gasteiger charge is 2.43. The maximum absolute atomic E-state index is 14.4. The van der Waals surface area contributed by atoms with E-state index >= 15 is 0 Å². The molecule has 1 saturated heterocycles. The summed E-state index contributed by atoms with van der Waals surface area (Å²) in [6.45, 7) is 3.89. The van der Waals surface area contributed by atoms with Crippen LogP contribution in [0.15, 0.2) is 48.5 Å². The SMILES string of the molecule is CC[C@@H](C)[C@H](C(=O)N1CCC[C@H]1C(=O)N[C@H](Cc1ccc(O)cc1)C(=O)O)N(C)C(=O)[C@H](Cc1ccc(O)cc1)NC(=O)[C@@H](O)[C@H](N)CCCCCCCCl. The van der Waals surface area contributed by atoms with Crippen LogP contribution in [0.25, 0.3) is 0 Å². The van der Waals surface area contributed by atoms with Gasteiger partial charge in [0.25, 0.3) is 5.91 Å². The lowest BCUT2D eigenvalue weighted by molar-refractivity contribution is -0.151. The second-order valence-corrected chi connectivity index (χ2v) is 14.9. The van der Waals surface area contributed by atoms with Crippen LogP contribution < -0.4 is 16.4 Å². The number of nitrogens with one attached hydrogen (secondary N) is 2. The number of carbonyl (C=O) groups excluding carboxylic acids is 4. The first-order chi connectivity index (χ1) is 26.2. The fourth-order valence-corrected chi connectivity index (χ4v) is 7.08. The molecule has 55 heavy (non-hydrogen) atoms. The van der Waals surface area contributed by atoms with E-state index in [0.717, 1.165) is 25.7 Å². The first-order valence-electron chi connectivity index (χ1n) is 19.1. The van der Waals surface area contributed by atoms with Gasteiger partial charge in [-0.3, -0.25) is 19.2 Å². The first-order valence-corrected chi connectivity index (χ1v) is 19.7. The van der Waals surface area contributed by atoms with Gasteiger partial charge in [0.05, 0.1) is 0 Å². The minimum Gasteiger partial charge on any atom is -0.508 e. The summed E-state index contributed by atoms with van der Waals surface area (Å²) in [7, 11) is 1.46. The van der Waals surface area contributed by atoms with Gasteiger partial charge < -0.3 is 46.6 Å². The molecule has 0 aromatic heterocycles. The first kappa shape index (κ1) is 45.0. The summed E-state index contributed by atoms with van der Waals surface area (Å²) < 4.78 is 0. The van der Waals surface area contributed by atoms with Crippen molar-refractivity contribution >= 4 is 41.2 Å². The van der Waals surface area contributed by atoms with Gasteiger partial charge in [0, 0.05) is 38.4 Å². The fourth-order valence-electron chi connectivity index (χ4n) is 6.89. The van der Waals surface area contributed by atoms with Crippen molar-refractivity contribution in [3.05, 3.63) is 59.7 Å². The zero-order valence-corrected chi connectivity index (χ0v) is 32.8. The van der Waals surface area contributed by atoms with E-state index in [0.29, 0.717) is 49.1 Å². The number of alkyl halides is 1. The molecule has 15 heteroatoms. The van der Waals surface area contributed by atoms with Crippen molar-refractivity contribution in [2.75, 3.05) is 19.5 Å².